The molecule has 0 aromatic carbocycles. The molecular weight excluding hydrogens is 120 g/mol. The molecule has 0 saturated carbocycles. The Hall–Kier alpha value is -1.59. The van der Waals surface area contributed by atoms with Crippen LogP contribution in [0.25, 0.3) is 0 Å². The summed E-state index contributed by atoms with van der Waals surface area (Å²) >= 11 is 0. The summed E-state index contributed by atoms with van der Waals surface area (Å²) in [6.07, 6.45) is 2.94. The maximum atomic E-state index is 3.55. The van der Waals surface area contributed by atoms with Crippen molar-refractivity contribution in [2.75, 3.05) is 0 Å². The smallest absolute Gasteiger partial charge is 0.0530 e. The highest BCUT2D eigenvalue weighted by molar-refractivity contribution is 4.67. The van der Waals surface area contributed by atoms with Crippen LogP contribution in [0.1, 0.15) is 0 Å². The van der Waals surface area contributed by atoms with Crippen molar-refractivity contribution >= 4 is 0 Å². The van der Waals surface area contributed by atoms with Crippen molar-refractivity contribution in [3.05, 3.63) is 18.5 Å². The normalized spacial score (nSPS) is 8.00. The van der Waals surface area contributed by atoms with Gasteiger partial charge in [-0.15, -0.1) is 5.10 Å². The topological polar surface area (TPSA) is 80.2 Å². The minimum Gasteiger partial charge on any atom is -0.178 e. The first-order valence-corrected chi connectivity index (χ1v) is 2.23. The molecule has 6 heteroatoms. The monoisotopic (exact) mass is 124 g/mol. The summed E-state index contributed by atoms with van der Waals surface area (Å²) in [5.41, 5.74) is 0. The van der Waals surface area contributed by atoms with Crippen molar-refractivity contribution in [1.29, 1.82) is 0 Å². The first-order chi connectivity index (χ1) is 4.50. The van der Waals surface area contributed by atoms with E-state index in [9.17, 15) is 0 Å². The summed E-state index contributed by atoms with van der Waals surface area (Å²) < 4.78 is 0. The zero-order chi connectivity index (χ0) is 6.36. The van der Waals surface area contributed by atoms with Gasteiger partial charge in [0.05, 0.1) is 12.4 Å². The van der Waals surface area contributed by atoms with Gasteiger partial charge in [0.2, 0.25) is 0 Å². The zero-order valence-corrected chi connectivity index (χ0v) is 4.47. The lowest BCUT2D eigenvalue weighted by Crippen LogP contribution is -1.84. The Morgan fingerprint density at radius 1 is 1.11 bits per heavy atom. The van der Waals surface area contributed by atoms with Crippen LogP contribution in [0.5, 0.6) is 0 Å². The molecule has 0 radical (unpaired) electrons. The highest BCUT2D eigenvalue weighted by Crippen LogP contribution is 1.58. The van der Waals surface area contributed by atoms with E-state index in [0.717, 1.165) is 0 Å². The Labute approximate surface area is 50.6 Å². The first kappa shape index (κ1) is 5.54. The van der Waals surface area contributed by atoms with E-state index in [-0.39, 0.29) is 0 Å². The van der Waals surface area contributed by atoms with E-state index < -0.39 is 0 Å². The summed E-state index contributed by atoms with van der Waals surface area (Å²) in [6.45, 7) is 0. The van der Waals surface area contributed by atoms with Crippen molar-refractivity contribution < 1.29 is 0 Å². The number of H-pyrrole nitrogens is 1. The highest BCUT2D eigenvalue weighted by Gasteiger charge is 1.59. The molecule has 0 aliphatic rings. The molecule has 0 atom stereocenters. The van der Waals surface area contributed by atoms with E-state index in [0.29, 0.717) is 0 Å². The van der Waals surface area contributed by atoms with Gasteiger partial charge in [-0.2, -0.15) is 10.3 Å². The van der Waals surface area contributed by atoms with Gasteiger partial charge < -0.3 is 0 Å². The first-order valence-electron chi connectivity index (χ1n) is 2.23. The van der Waals surface area contributed by atoms with Gasteiger partial charge in [0, 0.05) is 0 Å². The molecule has 0 spiro atoms. The molecule has 0 bridgehead atoms. The molecule has 1 rings (SSSR count). The standard InChI is InChI=1S/C3H4N6/c1-2-4-6-8-9-7-5-3-1/h1-3H,(H,4,7,8). The average molecular weight is 124 g/mol. The van der Waals surface area contributed by atoms with Crippen LogP contribution in [-0.4, -0.2) is 31.1 Å². The maximum absolute atomic E-state index is 3.55. The van der Waals surface area contributed by atoms with Crippen LogP contribution in [0.15, 0.2) is 18.5 Å². The van der Waals surface area contributed by atoms with Gasteiger partial charge in [0.25, 0.3) is 0 Å². The number of nitrogens with zero attached hydrogens (tertiary/aromatic N) is 5. The van der Waals surface area contributed by atoms with Crippen LogP contribution >= 0.6 is 0 Å². The van der Waals surface area contributed by atoms with E-state index in [1.165, 1.54) is 12.4 Å². The van der Waals surface area contributed by atoms with Gasteiger partial charge in [-0.3, -0.25) is 0 Å². The molecule has 0 fully saturated rings. The second kappa shape index (κ2) is 3.42. The van der Waals surface area contributed by atoms with Crippen molar-refractivity contribution in [3.63, 3.8) is 0 Å². The Morgan fingerprint density at radius 3 is 3.11 bits per heavy atom. The van der Waals surface area contributed by atoms with Gasteiger partial charge in [-0.25, -0.2) is 0 Å². The lowest BCUT2D eigenvalue weighted by Gasteiger charge is -1.62. The fourth-order valence-corrected chi connectivity index (χ4v) is 0.272. The molecular formula is C3H4N6. The summed E-state index contributed by atoms with van der Waals surface area (Å²) in [6, 6.07) is 1.60. The summed E-state index contributed by atoms with van der Waals surface area (Å²) in [5.74, 6) is 0. The van der Waals surface area contributed by atoms with Crippen LogP contribution in [0, 0.1) is 0 Å². The molecule has 1 aromatic heterocycles. The number of hydrogen-bond acceptors (Lipinski definition) is 5. The van der Waals surface area contributed by atoms with Crippen LogP contribution in [0.4, 0.5) is 0 Å². The SMILES string of the molecule is c1cnnnn[nH]nc1. The Bertz CT molecular complexity index is 130. The minimum absolute atomic E-state index is 1.45. The molecule has 1 heterocycles. The van der Waals surface area contributed by atoms with E-state index in [4.69, 9.17) is 0 Å². The van der Waals surface area contributed by atoms with E-state index in [1.54, 1.807) is 6.07 Å². The summed E-state index contributed by atoms with van der Waals surface area (Å²) in [5, 5.41) is 19.0. The maximum Gasteiger partial charge on any atom is 0.0530 e. The predicted molar refractivity (Wildman–Crippen MR) is 27.4 cm³/mol. The Morgan fingerprint density at radius 2 is 2.11 bits per heavy atom. The second-order valence-electron chi connectivity index (χ2n) is 1.11. The fourth-order valence-electron chi connectivity index (χ4n) is 0.272. The second-order valence-corrected chi connectivity index (χ2v) is 1.11. The third-order valence-electron chi connectivity index (χ3n) is 0.552. The van der Waals surface area contributed by atoms with Crippen molar-refractivity contribution in [3.8, 4) is 0 Å². The molecule has 6 nitrogen and oxygen atoms in total. The summed E-state index contributed by atoms with van der Waals surface area (Å²) in [4.78, 5) is 0. The van der Waals surface area contributed by atoms with E-state index in [2.05, 4.69) is 31.1 Å². The quantitative estimate of drug-likeness (QED) is 0.485. The molecule has 1 N–H and O–H groups in total. The average Bonchev–Trinajstić information content (AvgIpc) is 2.00. The van der Waals surface area contributed by atoms with Crippen LogP contribution in [0.2, 0.25) is 0 Å². The number of hydrogen-bond donors (Lipinski definition) is 1. The van der Waals surface area contributed by atoms with Gasteiger partial charge in [-0.05, 0) is 21.7 Å². The van der Waals surface area contributed by atoms with Crippen molar-refractivity contribution in [1.82, 2.24) is 31.1 Å². The fraction of sp³-hybridized carbons (Fsp3) is 0. The van der Waals surface area contributed by atoms with Crippen LogP contribution in [0.3, 0.4) is 0 Å². The minimum atomic E-state index is 1.45. The van der Waals surface area contributed by atoms with Gasteiger partial charge in [0.15, 0.2) is 0 Å². The third kappa shape index (κ3) is 2.27. The number of rotatable bonds is 0. The lowest BCUT2D eigenvalue weighted by atomic mass is 10.7. The lowest BCUT2D eigenvalue weighted by molar-refractivity contribution is 0.700. The molecule has 0 unspecified atom stereocenters. The number of aromatic nitrogens is 6. The van der Waals surface area contributed by atoms with E-state index in [1.807, 2.05) is 0 Å². The van der Waals surface area contributed by atoms with Crippen molar-refractivity contribution in [2.24, 2.45) is 0 Å². The molecule has 0 amide bonds. The molecule has 0 saturated heterocycles. The molecule has 0 aliphatic heterocycles. The molecule has 1 aromatic rings. The number of aromatic amines is 1. The van der Waals surface area contributed by atoms with Gasteiger partial charge in [0.1, 0.15) is 0 Å². The van der Waals surface area contributed by atoms with Gasteiger partial charge >= 0.3 is 0 Å². The van der Waals surface area contributed by atoms with Crippen LogP contribution < -0.4 is 0 Å². The predicted octanol–water partition coefficient (Wildman–Crippen LogP) is -0.886. The molecule has 9 heavy (non-hydrogen) atoms. The molecule has 46 valence electrons. The summed E-state index contributed by atoms with van der Waals surface area (Å²) in [7, 11) is 0. The largest absolute Gasteiger partial charge is 0.178 e. The Balaban J connectivity index is 3.04. The van der Waals surface area contributed by atoms with E-state index >= 15 is 0 Å². The van der Waals surface area contributed by atoms with Crippen LogP contribution in [-0.2, 0) is 0 Å². The molecule has 0 aliphatic carbocycles. The Kier molecular flexibility index (Phi) is 2.11. The van der Waals surface area contributed by atoms with Crippen molar-refractivity contribution in [2.45, 2.75) is 0 Å². The third-order valence-corrected chi connectivity index (χ3v) is 0.552. The zero-order valence-electron chi connectivity index (χ0n) is 4.47. The number of nitrogens with one attached hydrogen (secondary N) is 1. The highest BCUT2D eigenvalue weighted by atomic mass is 15.5. The van der Waals surface area contributed by atoms with Gasteiger partial charge in [-0.1, -0.05) is 0 Å².